The monoisotopic (exact) mass is 381 g/mol. The molecule has 0 aromatic heterocycles. The van der Waals surface area contributed by atoms with Crippen LogP contribution in [-0.4, -0.2) is 19.7 Å². The summed E-state index contributed by atoms with van der Waals surface area (Å²) in [5.41, 5.74) is 9.68. The molecule has 2 atom stereocenters. The summed E-state index contributed by atoms with van der Waals surface area (Å²) in [7, 11) is 1.68. The Kier molecular flexibility index (Phi) is 8.12. The highest BCUT2D eigenvalue weighted by atomic mass is 16.5. The third-order valence-corrected chi connectivity index (χ3v) is 4.76. The highest BCUT2D eigenvalue weighted by Gasteiger charge is 2.35. The summed E-state index contributed by atoms with van der Waals surface area (Å²) in [6.45, 7) is 6.58. The van der Waals surface area contributed by atoms with E-state index in [1.807, 2.05) is 50.2 Å². The van der Waals surface area contributed by atoms with Crippen LogP contribution in [0.4, 0.5) is 5.69 Å². The molecule has 0 amide bonds. The largest absolute Gasteiger partial charge is 0.496 e. The van der Waals surface area contributed by atoms with Crippen LogP contribution in [0.25, 0.3) is 6.08 Å². The van der Waals surface area contributed by atoms with Gasteiger partial charge in [-0.25, -0.2) is 4.79 Å². The van der Waals surface area contributed by atoms with Crippen molar-refractivity contribution in [3.8, 4) is 5.75 Å². The summed E-state index contributed by atoms with van der Waals surface area (Å²) in [4.78, 5) is 11.9. The molecule has 2 N–H and O–H groups in total. The van der Waals surface area contributed by atoms with Crippen molar-refractivity contribution in [1.82, 2.24) is 0 Å². The number of hydrogen-bond acceptors (Lipinski definition) is 4. The van der Waals surface area contributed by atoms with E-state index in [1.54, 1.807) is 13.2 Å². The molecule has 2 unspecified atom stereocenters. The molecular weight excluding hydrogens is 350 g/mol. The number of anilines is 1. The summed E-state index contributed by atoms with van der Waals surface area (Å²) in [6.07, 6.45) is 5.07. The van der Waals surface area contributed by atoms with Crippen molar-refractivity contribution < 1.29 is 14.3 Å². The quantitative estimate of drug-likeness (QED) is 0.405. The molecule has 28 heavy (non-hydrogen) atoms. The average molecular weight is 382 g/mol. The van der Waals surface area contributed by atoms with Crippen molar-refractivity contribution in [2.24, 2.45) is 5.92 Å². The fourth-order valence-electron chi connectivity index (χ4n) is 3.12. The van der Waals surface area contributed by atoms with Crippen LogP contribution in [0.1, 0.15) is 49.8 Å². The highest BCUT2D eigenvalue weighted by Crippen LogP contribution is 2.50. The van der Waals surface area contributed by atoms with Gasteiger partial charge < -0.3 is 15.2 Å². The smallest absolute Gasteiger partial charge is 0.330 e. The van der Waals surface area contributed by atoms with Gasteiger partial charge in [-0.2, -0.15) is 0 Å². The SMILES string of the molecule is CC.COc1cc(/C=C/C(=O)OCCc2cccc(N)c2)ccc1C1CC1C. The highest BCUT2D eigenvalue weighted by molar-refractivity contribution is 5.87. The number of nitrogens with two attached hydrogens (primary N) is 1. The van der Waals surface area contributed by atoms with Crippen LogP contribution >= 0.6 is 0 Å². The Morgan fingerprint density at radius 2 is 1.96 bits per heavy atom. The van der Waals surface area contributed by atoms with Gasteiger partial charge in [0.15, 0.2) is 0 Å². The van der Waals surface area contributed by atoms with Crippen LogP contribution in [-0.2, 0) is 16.0 Å². The van der Waals surface area contributed by atoms with E-state index in [4.69, 9.17) is 15.2 Å². The standard InChI is InChI=1S/C22H25NO3.C2H6/c1-15-12-20(15)19-8-6-17(14-21(19)25-2)7-9-22(24)26-11-10-16-4-3-5-18(23)13-16;1-2/h3-9,13-15,20H,10-12,23H2,1-2H3;1-2H3/b9-7+;. The van der Waals surface area contributed by atoms with Gasteiger partial charge in [-0.15, -0.1) is 0 Å². The fraction of sp³-hybridized carbons (Fsp3) is 0.375. The zero-order chi connectivity index (χ0) is 20.5. The van der Waals surface area contributed by atoms with Gasteiger partial charge in [-0.05, 0) is 59.2 Å². The average Bonchev–Trinajstić information content (AvgIpc) is 3.44. The van der Waals surface area contributed by atoms with Gasteiger partial charge in [-0.3, -0.25) is 0 Å². The van der Waals surface area contributed by atoms with Gasteiger partial charge in [0.25, 0.3) is 0 Å². The molecule has 0 saturated heterocycles. The number of carbonyl (C=O) groups excluding carboxylic acids is 1. The van der Waals surface area contributed by atoms with Crippen molar-refractivity contribution in [3.63, 3.8) is 0 Å². The number of esters is 1. The van der Waals surface area contributed by atoms with Gasteiger partial charge in [-0.1, -0.05) is 45.0 Å². The van der Waals surface area contributed by atoms with Gasteiger partial charge in [0.05, 0.1) is 13.7 Å². The van der Waals surface area contributed by atoms with Crippen molar-refractivity contribution in [2.45, 2.75) is 39.5 Å². The van der Waals surface area contributed by atoms with Crippen molar-refractivity contribution >= 4 is 17.7 Å². The number of nitrogen functional groups attached to an aromatic ring is 1. The molecular formula is C24H31NO3. The Hall–Kier alpha value is -2.75. The molecule has 1 aliphatic carbocycles. The maximum absolute atomic E-state index is 11.9. The Morgan fingerprint density at radius 3 is 2.61 bits per heavy atom. The third-order valence-electron chi connectivity index (χ3n) is 4.76. The number of hydrogen-bond donors (Lipinski definition) is 1. The van der Waals surface area contributed by atoms with E-state index in [9.17, 15) is 4.79 Å². The molecule has 1 aliphatic rings. The van der Waals surface area contributed by atoms with Gasteiger partial charge >= 0.3 is 5.97 Å². The predicted octanol–water partition coefficient (Wildman–Crippen LogP) is 5.23. The number of benzene rings is 2. The first-order valence-corrected chi connectivity index (χ1v) is 9.94. The zero-order valence-electron chi connectivity index (χ0n) is 17.3. The molecule has 0 bridgehead atoms. The van der Waals surface area contributed by atoms with E-state index in [0.29, 0.717) is 24.6 Å². The second-order valence-corrected chi connectivity index (χ2v) is 6.82. The topological polar surface area (TPSA) is 61.5 Å². The molecule has 3 rings (SSSR count). The van der Waals surface area contributed by atoms with Crippen LogP contribution in [0.5, 0.6) is 5.75 Å². The number of ether oxygens (including phenoxy) is 2. The van der Waals surface area contributed by atoms with E-state index in [1.165, 1.54) is 18.1 Å². The van der Waals surface area contributed by atoms with E-state index in [2.05, 4.69) is 13.0 Å². The van der Waals surface area contributed by atoms with Gasteiger partial charge in [0.1, 0.15) is 5.75 Å². The molecule has 0 spiro atoms. The maximum atomic E-state index is 11.9. The van der Waals surface area contributed by atoms with E-state index in [0.717, 1.165) is 22.8 Å². The molecule has 2 aromatic rings. The lowest BCUT2D eigenvalue weighted by molar-refractivity contribution is -0.137. The molecule has 0 radical (unpaired) electrons. The maximum Gasteiger partial charge on any atom is 0.330 e. The minimum absolute atomic E-state index is 0.328. The minimum Gasteiger partial charge on any atom is -0.496 e. The first-order chi connectivity index (χ1) is 13.6. The van der Waals surface area contributed by atoms with E-state index >= 15 is 0 Å². The lowest BCUT2D eigenvalue weighted by Gasteiger charge is -2.09. The molecule has 4 heteroatoms. The predicted molar refractivity (Wildman–Crippen MR) is 115 cm³/mol. The van der Waals surface area contributed by atoms with Crippen LogP contribution in [0.15, 0.2) is 48.5 Å². The number of methoxy groups -OCH3 is 1. The third kappa shape index (κ3) is 6.15. The Labute approximate surface area is 168 Å². The van der Waals surface area contributed by atoms with Crippen molar-refractivity contribution in [2.75, 3.05) is 19.5 Å². The summed E-state index contributed by atoms with van der Waals surface area (Å²) in [5.74, 6) is 1.85. The lowest BCUT2D eigenvalue weighted by atomic mass is 10.0. The van der Waals surface area contributed by atoms with Crippen LogP contribution in [0, 0.1) is 5.92 Å². The fourth-order valence-corrected chi connectivity index (χ4v) is 3.12. The van der Waals surface area contributed by atoms with Crippen LogP contribution in [0.2, 0.25) is 0 Å². The minimum atomic E-state index is -0.354. The molecule has 4 nitrogen and oxygen atoms in total. The summed E-state index contributed by atoms with van der Waals surface area (Å²) in [5, 5.41) is 0. The number of rotatable bonds is 7. The lowest BCUT2D eigenvalue weighted by Crippen LogP contribution is -2.05. The second kappa shape index (κ2) is 10.5. The molecule has 0 aliphatic heterocycles. The van der Waals surface area contributed by atoms with E-state index in [-0.39, 0.29) is 5.97 Å². The summed E-state index contributed by atoms with van der Waals surface area (Å²) >= 11 is 0. The first kappa shape index (κ1) is 21.5. The number of carbonyl (C=O) groups is 1. The van der Waals surface area contributed by atoms with Crippen molar-refractivity contribution in [1.29, 1.82) is 0 Å². The summed E-state index contributed by atoms with van der Waals surface area (Å²) in [6, 6.07) is 13.7. The molecule has 0 heterocycles. The van der Waals surface area contributed by atoms with Crippen molar-refractivity contribution in [3.05, 3.63) is 65.2 Å². The second-order valence-electron chi connectivity index (χ2n) is 6.82. The van der Waals surface area contributed by atoms with Gasteiger partial charge in [0.2, 0.25) is 0 Å². The zero-order valence-corrected chi connectivity index (χ0v) is 17.3. The van der Waals surface area contributed by atoms with E-state index < -0.39 is 0 Å². The Bertz CT molecular complexity index is 813. The molecule has 2 aromatic carbocycles. The first-order valence-electron chi connectivity index (χ1n) is 9.94. The van der Waals surface area contributed by atoms with Crippen LogP contribution in [0.3, 0.4) is 0 Å². The Morgan fingerprint density at radius 1 is 1.21 bits per heavy atom. The van der Waals surface area contributed by atoms with Gasteiger partial charge in [0, 0.05) is 18.2 Å². The normalized spacial score (nSPS) is 17.6. The summed E-state index contributed by atoms with van der Waals surface area (Å²) < 4.78 is 10.8. The van der Waals surface area contributed by atoms with Crippen LogP contribution < -0.4 is 10.5 Å². The molecule has 1 fully saturated rings. The molecule has 150 valence electrons. The molecule has 1 saturated carbocycles. The Balaban J connectivity index is 0.00000136.